The molecule has 2 N–H and O–H groups in total. The van der Waals surface area contributed by atoms with E-state index in [2.05, 4.69) is 6.92 Å². The minimum atomic E-state index is -0.933. The number of rotatable bonds is 9. The van der Waals surface area contributed by atoms with Gasteiger partial charge in [0, 0.05) is 5.92 Å². The number of hydrogen-bond acceptors (Lipinski definition) is 2. The van der Waals surface area contributed by atoms with Gasteiger partial charge in [0.25, 0.3) is 0 Å². The summed E-state index contributed by atoms with van der Waals surface area (Å²) in [5.74, 6) is -1.73. The van der Waals surface area contributed by atoms with Crippen LogP contribution in [0.2, 0.25) is 0 Å². The Bertz CT molecular complexity index is 644. The minimum Gasteiger partial charge on any atom is -0.478 e. The summed E-state index contributed by atoms with van der Waals surface area (Å²) in [7, 11) is 0. The Morgan fingerprint density at radius 1 is 0.760 bits per heavy atom. The van der Waals surface area contributed by atoms with Crippen molar-refractivity contribution in [2.45, 2.75) is 44.9 Å². The summed E-state index contributed by atoms with van der Waals surface area (Å²) >= 11 is 0. The topological polar surface area (TPSA) is 74.6 Å². The van der Waals surface area contributed by atoms with E-state index in [1.54, 1.807) is 24.3 Å². The van der Waals surface area contributed by atoms with E-state index in [0.717, 1.165) is 30.4 Å². The molecule has 132 valence electrons. The van der Waals surface area contributed by atoms with E-state index in [0.29, 0.717) is 0 Å². The maximum atomic E-state index is 11.0. The number of hydrogen-bond donors (Lipinski definition) is 2. The van der Waals surface area contributed by atoms with Crippen molar-refractivity contribution in [3.8, 4) is 0 Å². The van der Waals surface area contributed by atoms with Gasteiger partial charge in [0.05, 0.1) is 11.1 Å². The molecule has 0 aliphatic rings. The van der Waals surface area contributed by atoms with Crippen LogP contribution in [0.3, 0.4) is 0 Å². The maximum absolute atomic E-state index is 11.0. The quantitative estimate of drug-likeness (QED) is 0.616. The van der Waals surface area contributed by atoms with Gasteiger partial charge in [0.2, 0.25) is 0 Å². The second-order valence-corrected chi connectivity index (χ2v) is 6.26. The fraction of sp³-hybridized carbons (Fsp3) is 0.333. The molecular formula is C21H24O4. The second-order valence-electron chi connectivity index (χ2n) is 6.26. The molecule has 0 aliphatic carbocycles. The lowest BCUT2D eigenvalue weighted by Gasteiger charge is -2.18. The Kier molecular flexibility index (Phi) is 6.75. The van der Waals surface area contributed by atoms with Crippen LogP contribution in [0.15, 0.2) is 48.5 Å². The van der Waals surface area contributed by atoms with Gasteiger partial charge in [-0.25, -0.2) is 9.59 Å². The van der Waals surface area contributed by atoms with Gasteiger partial charge in [-0.1, -0.05) is 56.9 Å². The average molecular weight is 340 g/mol. The number of carboxylic acid groups (broad SMARTS) is 2. The minimum absolute atomic E-state index is 0.141. The van der Waals surface area contributed by atoms with Crippen molar-refractivity contribution >= 4 is 11.9 Å². The zero-order valence-corrected chi connectivity index (χ0v) is 14.4. The van der Waals surface area contributed by atoms with Gasteiger partial charge in [-0.3, -0.25) is 0 Å². The van der Waals surface area contributed by atoms with Gasteiger partial charge >= 0.3 is 11.9 Å². The van der Waals surface area contributed by atoms with Gasteiger partial charge in [-0.15, -0.1) is 0 Å². The van der Waals surface area contributed by atoms with Crippen LogP contribution < -0.4 is 0 Å². The standard InChI is InChI=1S/C21H24O4/c1-2-3-4-5-6-19(15-7-11-17(12-8-15)20(22)23)16-9-13-18(14-10-16)21(24)25/h7-14,19H,2-6H2,1H3,(H,22,23)(H,24,25). The highest BCUT2D eigenvalue weighted by Crippen LogP contribution is 2.30. The lowest BCUT2D eigenvalue weighted by molar-refractivity contribution is 0.0686. The highest BCUT2D eigenvalue weighted by molar-refractivity contribution is 5.88. The molecule has 0 unspecified atom stereocenters. The van der Waals surface area contributed by atoms with Crippen molar-refractivity contribution in [1.29, 1.82) is 0 Å². The monoisotopic (exact) mass is 340 g/mol. The third-order valence-electron chi connectivity index (χ3n) is 4.47. The Morgan fingerprint density at radius 2 is 1.20 bits per heavy atom. The summed E-state index contributed by atoms with van der Waals surface area (Å²) in [5, 5.41) is 18.1. The Labute approximate surface area is 148 Å². The largest absolute Gasteiger partial charge is 0.478 e. The molecule has 25 heavy (non-hydrogen) atoms. The van der Waals surface area contributed by atoms with E-state index in [1.807, 2.05) is 24.3 Å². The summed E-state index contributed by atoms with van der Waals surface area (Å²) in [6.45, 7) is 2.17. The first kappa shape index (κ1) is 18.7. The summed E-state index contributed by atoms with van der Waals surface area (Å²) in [4.78, 5) is 22.1. The molecule has 0 saturated heterocycles. The van der Waals surface area contributed by atoms with Crippen LogP contribution >= 0.6 is 0 Å². The molecule has 0 bridgehead atoms. The van der Waals surface area contributed by atoms with Gasteiger partial charge in [0.1, 0.15) is 0 Å². The Morgan fingerprint density at radius 3 is 1.56 bits per heavy atom. The summed E-state index contributed by atoms with van der Waals surface area (Å²) in [6, 6.07) is 13.9. The molecule has 0 atom stereocenters. The van der Waals surface area contributed by atoms with E-state index in [4.69, 9.17) is 10.2 Å². The Balaban J connectivity index is 2.25. The van der Waals surface area contributed by atoms with Crippen molar-refractivity contribution in [3.63, 3.8) is 0 Å². The van der Waals surface area contributed by atoms with Crippen molar-refractivity contribution in [3.05, 3.63) is 70.8 Å². The number of carboxylic acids is 2. The number of unbranched alkanes of at least 4 members (excludes halogenated alkanes) is 3. The van der Waals surface area contributed by atoms with E-state index < -0.39 is 11.9 Å². The molecule has 0 spiro atoms. The average Bonchev–Trinajstić information content (AvgIpc) is 2.62. The number of aromatic carboxylic acids is 2. The second kappa shape index (κ2) is 9.02. The van der Waals surface area contributed by atoms with E-state index in [-0.39, 0.29) is 17.0 Å². The van der Waals surface area contributed by atoms with Crippen molar-refractivity contribution in [2.24, 2.45) is 0 Å². The van der Waals surface area contributed by atoms with Crippen LogP contribution in [0, 0.1) is 0 Å². The normalized spacial score (nSPS) is 10.8. The summed E-state index contributed by atoms with van der Waals surface area (Å²) in [6.07, 6.45) is 5.57. The highest BCUT2D eigenvalue weighted by Gasteiger charge is 2.15. The van der Waals surface area contributed by atoms with Crippen molar-refractivity contribution in [2.75, 3.05) is 0 Å². The number of benzene rings is 2. The van der Waals surface area contributed by atoms with Gasteiger partial charge in [-0.2, -0.15) is 0 Å². The summed E-state index contributed by atoms with van der Waals surface area (Å²) in [5.41, 5.74) is 2.67. The first-order valence-corrected chi connectivity index (χ1v) is 8.69. The summed E-state index contributed by atoms with van der Waals surface area (Å²) < 4.78 is 0. The van der Waals surface area contributed by atoms with Gasteiger partial charge < -0.3 is 10.2 Å². The van der Waals surface area contributed by atoms with E-state index in [1.165, 1.54) is 12.8 Å². The number of carbonyl (C=O) groups is 2. The highest BCUT2D eigenvalue weighted by atomic mass is 16.4. The first-order valence-electron chi connectivity index (χ1n) is 8.69. The molecular weight excluding hydrogens is 316 g/mol. The molecule has 4 nitrogen and oxygen atoms in total. The van der Waals surface area contributed by atoms with Crippen LogP contribution in [-0.2, 0) is 0 Å². The lowest BCUT2D eigenvalue weighted by Crippen LogP contribution is -2.04. The van der Waals surface area contributed by atoms with Gasteiger partial charge in [0.15, 0.2) is 0 Å². The smallest absolute Gasteiger partial charge is 0.335 e. The van der Waals surface area contributed by atoms with Crippen molar-refractivity contribution < 1.29 is 19.8 Å². The molecule has 0 radical (unpaired) electrons. The Hall–Kier alpha value is -2.62. The van der Waals surface area contributed by atoms with E-state index in [9.17, 15) is 9.59 Å². The molecule has 0 heterocycles. The molecule has 0 aliphatic heterocycles. The fourth-order valence-corrected chi connectivity index (χ4v) is 3.02. The molecule has 0 saturated carbocycles. The predicted molar refractivity (Wildman–Crippen MR) is 97.4 cm³/mol. The fourth-order valence-electron chi connectivity index (χ4n) is 3.02. The molecule has 2 rings (SSSR count). The van der Waals surface area contributed by atoms with Crippen LogP contribution in [0.1, 0.15) is 76.8 Å². The van der Waals surface area contributed by atoms with E-state index >= 15 is 0 Å². The SMILES string of the molecule is CCCCCCC(c1ccc(C(=O)O)cc1)c1ccc(C(=O)O)cc1. The molecule has 0 amide bonds. The van der Waals surface area contributed by atoms with Gasteiger partial charge in [-0.05, 0) is 41.8 Å². The first-order chi connectivity index (χ1) is 12.0. The third kappa shape index (κ3) is 5.18. The van der Waals surface area contributed by atoms with Crippen molar-refractivity contribution in [1.82, 2.24) is 0 Å². The molecule has 0 fully saturated rings. The maximum Gasteiger partial charge on any atom is 0.335 e. The van der Waals surface area contributed by atoms with Crippen LogP contribution in [0.4, 0.5) is 0 Å². The third-order valence-corrected chi connectivity index (χ3v) is 4.47. The van der Waals surface area contributed by atoms with Crippen LogP contribution in [-0.4, -0.2) is 22.2 Å². The lowest BCUT2D eigenvalue weighted by atomic mass is 9.86. The zero-order chi connectivity index (χ0) is 18.2. The molecule has 0 aromatic heterocycles. The van der Waals surface area contributed by atoms with Crippen LogP contribution in [0.5, 0.6) is 0 Å². The zero-order valence-electron chi connectivity index (χ0n) is 14.4. The molecule has 4 heteroatoms. The predicted octanol–water partition coefficient (Wildman–Crippen LogP) is 5.19. The molecule has 2 aromatic rings. The molecule has 2 aromatic carbocycles. The van der Waals surface area contributed by atoms with Crippen LogP contribution in [0.25, 0.3) is 0 Å².